The van der Waals surface area contributed by atoms with E-state index in [1.165, 1.54) is 32.7 Å². The Morgan fingerprint density at radius 3 is 2.61 bits per heavy atom. The Hall–Kier alpha value is -3.60. The second-order valence-electron chi connectivity index (χ2n) is 19.7. The van der Waals surface area contributed by atoms with Crippen LogP contribution < -0.4 is 15.4 Å². The van der Waals surface area contributed by atoms with Crippen molar-refractivity contribution >= 4 is 33.2 Å². The Labute approximate surface area is 367 Å². The molecule has 14 heteroatoms. The Morgan fingerprint density at radius 2 is 1.77 bits per heavy atom. The fraction of sp³-hybridized carbons (Fsp3) is 0.542. The molecule has 13 unspecified atom stereocenters. The van der Waals surface area contributed by atoms with Crippen molar-refractivity contribution < 1.29 is 49.7 Å². The van der Waals surface area contributed by atoms with E-state index in [9.17, 15) is 35.4 Å². The Kier molecular flexibility index (Phi) is 8.83. The molecule has 0 radical (unpaired) electrons. The molecule has 11 aliphatic rings. The number of dihydropyridines is 1. The van der Waals surface area contributed by atoms with Crippen molar-refractivity contribution in [1.82, 2.24) is 10.6 Å². The van der Waals surface area contributed by atoms with Crippen LogP contribution in [0.2, 0.25) is 0 Å². The fourth-order valence-corrected chi connectivity index (χ4v) is 17.3. The molecule has 4 heterocycles. The van der Waals surface area contributed by atoms with Gasteiger partial charge in [-0.05, 0) is 108 Å². The predicted molar refractivity (Wildman–Crippen MR) is 230 cm³/mol. The number of allylic oxidation sites excluding steroid dienone is 6. The molecule has 5 fully saturated rings. The molecule has 4 aliphatic heterocycles. The van der Waals surface area contributed by atoms with Gasteiger partial charge in [-0.25, -0.2) is 0 Å². The maximum Gasteiger partial charge on any atom is 0.240 e. The molecule has 2 saturated heterocycles. The van der Waals surface area contributed by atoms with Crippen molar-refractivity contribution in [3.05, 3.63) is 111 Å². The smallest absolute Gasteiger partial charge is 0.240 e. The zero-order chi connectivity index (χ0) is 42.6. The third-order valence-corrected chi connectivity index (χ3v) is 19.6. The van der Waals surface area contributed by atoms with E-state index in [4.69, 9.17) is 9.47 Å². The Morgan fingerprint density at radius 1 is 0.935 bits per heavy atom. The lowest BCUT2D eigenvalue weighted by Crippen LogP contribution is -2.88. The third-order valence-electron chi connectivity index (χ3n) is 17.3. The molecule has 13 rings (SSSR count). The average molecular weight is 881 g/mol. The predicted octanol–water partition coefficient (Wildman–Crippen LogP) is 4.62. The van der Waals surface area contributed by atoms with Gasteiger partial charge in [0, 0.05) is 35.6 Å². The Balaban J connectivity index is 1.03. The third kappa shape index (κ3) is 4.93. The van der Waals surface area contributed by atoms with E-state index in [1.807, 2.05) is 24.3 Å². The van der Waals surface area contributed by atoms with Crippen molar-refractivity contribution in [1.29, 1.82) is 0 Å². The fourth-order valence-electron chi connectivity index (χ4n) is 15.0. The molecule has 2 aromatic rings. The Bertz CT molecular complexity index is 2450. The molecule has 13 atom stereocenters. The van der Waals surface area contributed by atoms with Crippen molar-refractivity contribution in [2.24, 2.45) is 46.3 Å². The lowest BCUT2D eigenvalue weighted by Gasteiger charge is -2.72. The van der Waals surface area contributed by atoms with Gasteiger partial charge in [0.2, 0.25) is 5.79 Å². The maximum absolute atomic E-state index is 15.5. The first-order chi connectivity index (χ1) is 29.9. The number of carbonyl (C=O) groups excluding carboxylic acids is 2. The normalized spacial score (nSPS) is 43.3. The van der Waals surface area contributed by atoms with Crippen LogP contribution in [0.4, 0.5) is 0 Å². The van der Waals surface area contributed by atoms with Crippen LogP contribution in [-0.4, -0.2) is 96.2 Å². The number of aliphatic hydroxyl groups excluding tert-OH is 5. The van der Waals surface area contributed by atoms with Crippen LogP contribution in [-0.2, 0) is 17.8 Å². The van der Waals surface area contributed by atoms with Gasteiger partial charge in [0.05, 0.1) is 36.4 Å². The highest BCUT2D eigenvalue weighted by Gasteiger charge is 2.83. The number of carbonyl (C=O) groups is 2. The monoisotopic (exact) mass is 880 g/mol. The van der Waals surface area contributed by atoms with Crippen LogP contribution in [0.3, 0.4) is 0 Å². The first-order valence-corrected chi connectivity index (χ1v) is 24.7. The van der Waals surface area contributed by atoms with Crippen LogP contribution in [0.15, 0.2) is 89.0 Å². The van der Waals surface area contributed by atoms with E-state index in [0.29, 0.717) is 30.8 Å². The van der Waals surface area contributed by atoms with Crippen LogP contribution in [0, 0.1) is 46.3 Å². The minimum Gasteiger partial charge on any atom is -0.511 e. The summed E-state index contributed by atoms with van der Waals surface area (Å²) in [4.78, 5) is 30.5. The van der Waals surface area contributed by atoms with E-state index in [2.05, 4.69) is 16.7 Å². The zero-order valence-electron chi connectivity index (χ0n) is 34.2. The van der Waals surface area contributed by atoms with Crippen LogP contribution in [0.5, 0.6) is 5.75 Å². The molecule has 3 spiro atoms. The highest BCUT2D eigenvalue weighted by molar-refractivity contribution is 8.76. The summed E-state index contributed by atoms with van der Waals surface area (Å²) in [5.41, 5.74) is -1.26. The van der Waals surface area contributed by atoms with E-state index >= 15 is 4.79 Å². The lowest BCUT2D eigenvalue weighted by molar-refractivity contribution is -0.461. The zero-order valence-corrected chi connectivity index (χ0v) is 35.9. The molecule has 326 valence electrons. The van der Waals surface area contributed by atoms with Gasteiger partial charge in [0.25, 0.3) is 0 Å². The van der Waals surface area contributed by atoms with Crippen molar-refractivity contribution in [3.8, 4) is 5.75 Å². The van der Waals surface area contributed by atoms with E-state index < -0.39 is 64.3 Å². The highest BCUT2D eigenvalue weighted by atomic mass is 33.1. The SMILES string of the molecule is O=C1c2cccc3c2C(=O)C2(CSSCNC4=CC5=C(CN4)C4CC6C7CCC8(O3)OC7(CO)C(O)C(O)(C8O)C6C53CCCC3C4)C(O)=CC(Cc3cccc(CO)c3)=CC12. The van der Waals surface area contributed by atoms with E-state index in [1.54, 1.807) is 30.4 Å². The molecule has 2 aromatic carbocycles. The highest BCUT2D eigenvalue weighted by Crippen LogP contribution is 2.75. The van der Waals surface area contributed by atoms with Crippen LogP contribution in [0.1, 0.15) is 76.8 Å². The lowest BCUT2D eigenvalue weighted by atomic mass is 9.42. The molecule has 0 amide bonds. The molecule has 8 N–H and O–H groups in total. The molecular weight excluding hydrogens is 829 g/mol. The molecule has 10 bridgehead atoms. The minimum absolute atomic E-state index is 0.0302. The van der Waals surface area contributed by atoms with Gasteiger partial charge in [-0.3, -0.25) is 9.59 Å². The minimum atomic E-state index is -2.18. The molecular formula is C48H52N2O10S2. The summed E-state index contributed by atoms with van der Waals surface area (Å²) in [5, 5.41) is 80.1. The number of ketones is 2. The molecule has 3 saturated carbocycles. The molecule has 7 aliphatic carbocycles. The molecule has 0 aromatic heterocycles. The summed E-state index contributed by atoms with van der Waals surface area (Å²) in [6, 6.07) is 12.2. The number of rotatable bonds is 4. The standard InChI is InChI=1S/C48H52N2O10S2/c51-20-25-5-1-4-24(12-25)13-26-14-34-39(54)29-7-2-8-35-38(29)41(55)45(34,36(53)15-26)22-61-62-23-50-37-18-33-31(19-49-37)27-16-28-6-3-10-44(28,33)40-30(17-27)32-9-11-47(59-35)43(57)48(40,58)42(56)46(32,21-52)60-47/h1-2,4-5,7-8,12,14-15,18,27-28,30,32,34,40,42-43,49-53,56-58H,3,6,9-11,13,16-17,19-23H2. The average Bonchev–Trinajstić information content (AvgIpc) is 3.59. The number of Topliss-reactive ketones (excluding diaryl/α,β-unsaturated/α-hetero) is 2. The van der Waals surface area contributed by atoms with Crippen molar-refractivity contribution in [2.75, 3.05) is 24.8 Å². The van der Waals surface area contributed by atoms with Gasteiger partial charge in [-0.2, -0.15) is 0 Å². The number of hydrogen-bond donors (Lipinski definition) is 8. The second kappa shape index (κ2) is 13.7. The van der Waals surface area contributed by atoms with Gasteiger partial charge in [-0.1, -0.05) is 70.5 Å². The van der Waals surface area contributed by atoms with Crippen molar-refractivity contribution in [3.63, 3.8) is 0 Å². The summed E-state index contributed by atoms with van der Waals surface area (Å²) in [7, 11) is 2.89. The number of benzene rings is 2. The molecule has 12 nitrogen and oxygen atoms in total. The number of hydrogen-bond acceptors (Lipinski definition) is 14. The van der Waals surface area contributed by atoms with Gasteiger partial charge in [0.1, 0.15) is 34.2 Å². The summed E-state index contributed by atoms with van der Waals surface area (Å²) in [5.74, 6) is -3.56. The topological polar surface area (TPSA) is 198 Å². The summed E-state index contributed by atoms with van der Waals surface area (Å²) in [6.45, 7) is -0.114. The van der Waals surface area contributed by atoms with Crippen LogP contribution >= 0.6 is 21.6 Å². The number of ether oxygens (including phenoxy) is 2. The van der Waals surface area contributed by atoms with Crippen LogP contribution in [0.25, 0.3) is 0 Å². The maximum atomic E-state index is 15.5. The number of aliphatic hydroxyl groups is 6. The number of nitrogens with one attached hydrogen (secondary N) is 2. The van der Waals surface area contributed by atoms with Gasteiger partial charge in [0.15, 0.2) is 17.7 Å². The summed E-state index contributed by atoms with van der Waals surface area (Å²) in [6.07, 6.45) is 7.43. The quantitative estimate of drug-likeness (QED) is 0.198. The first kappa shape index (κ1) is 40.0. The van der Waals surface area contributed by atoms with Gasteiger partial charge >= 0.3 is 0 Å². The summed E-state index contributed by atoms with van der Waals surface area (Å²) < 4.78 is 13.8. The largest absolute Gasteiger partial charge is 0.511 e. The van der Waals surface area contributed by atoms with Gasteiger partial charge < -0.3 is 50.7 Å². The van der Waals surface area contributed by atoms with E-state index in [-0.39, 0.29) is 70.9 Å². The second-order valence-corrected chi connectivity index (χ2v) is 22.2. The first-order valence-electron chi connectivity index (χ1n) is 22.2. The van der Waals surface area contributed by atoms with E-state index in [0.717, 1.165) is 49.1 Å². The summed E-state index contributed by atoms with van der Waals surface area (Å²) >= 11 is 0. The van der Waals surface area contributed by atoms with Gasteiger partial charge in [-0.15, -0.1) is 0 Å². The van der Waals surface area contributed by atoms with Crippen molar-refractivity contribution in [2.45, 2.75) is 87.2 Å². The molecule has 62 heavy (non-hydrogen) atoms.